The first-order chi connectivity index (χ1) is 11.5. The second-order valence-electron chi connectivity index (χ2n) is 6.03. The molecule has 0 saturated carbocycles. The summed E-state index contributed by atoms with van der Waals surface area (Å²) in [4.78, 5) is -0.0339. The van der Waals surface area contributed by atoms with Gasteiger partial charge in [0.05, 0.1) is 9.79 Å². The first kappa shape index (κ1) is 22.6. The number of nitrogens with one attached hydrogen (secondary N) is 1. The molecule has 0 saturated heterocycles. The Kier molecular flexibility index (Phi) is 7.38. The lowest BCUT2D eigenvalue weighted by Crippen LogP contribution is -2.32. The molecule has 0 bridgehead atoms. The first-order valence-electron chi connectivity index (χ1n) is 7.64. The number of hydrogen-bond donors (Lipinski definition) is 2. The van der Waals surface area contributed by atoms with E-state index in [0.717, 1.165) is 11.8 Å². The Balaban J connectivity index is 0.00000338. The molecule has 0 fully saturated rings. The summed E-state index contributed by atoms with van der Waals surface area (Å²) in [5, 5.41) is 0. The summed E-state index contributed by atoms with van der Waals surface area (Å²) < 4.78 is 51.6. The number of aryl methyl sites for hydroxylation is 1. The van der Waals surface area contributed by atoms with E-state index in [0.29, 0.717) is 5.56 Å². The lowest BCUT2D eigenvalue weighted by Gasteiger charge is -2.16. The topological polar surface area (TPSA) is 106 Å². The van der Waals surface area contributed by atoms with E-state index in [2.05, 4.69) is 4.72 Å². The summed E-state index contributed by atoms with van der Waals surface area (Å²) in [6.45, 7) is 3.15. The fourth-order valence-corrected chi connectivity index (χ4v) is 5.09. The third-order valence-electron chi connectivity index (χ3n) is 3.87. The molecular formula is C17H23ClN2O4S2. The lowest BCUT2D eigenvalue weighted by molar-refractivity contribution is 0.571. The van der Waals surface area contributed by atoms with Gasteiger partial charge in [0.2, 0.25) is 10.0 Å². The van der Waals surface area contributed by atoms with Crippen LogP contribution in [-0.2, 0) is 19.9 Å². The minimum absolute atomic E-state index is 0. The van der Waals surface area contributed by atoms with Gasteiger partial charge in [-0.1, -0.05) is 30.3 Å². The van der Waals surface area contributed by atoms with Gasteiger partial charge in [-0.05, 0) is 42.7 Å². The second kappa shape index (κ2) is 8.49. The van der Waals surface area contributed by atoms with E-state index in [1.807, 2.05) is 30.3 Å². The van der Waals surface area contributed by atoms with Crippen LogP contribution in [-0.4, -0.2) is 29.6 Å². The van der Waals surface area contributed by atoms with Crippen molar-refractivity contribution >= 4 is 32.3 Å². The number of halogens is 1. The molecule has 144 valence electrons. The van der Waals surface area contributed by atoms with Crippen LogP contribution < -0.4 is 10.5 Å². The van der Waals surface area contributed by atoms with E-state index in [1.54, 1.807) is 6.92 Å². The summed E-state index contributed by atoms with van der Waals surface area (Å²) in [6.07, 6.45) is 1.06. The van der Waals surface area contributed by atoms with Gasteiger partial charge in [-0.25, -0.2) is 21.6 Å². The molecule has 0 amide bonds. The van der Waals surface area contributed by atoms with Gasteiger partial charge in [-0.3, -0.25) is 0 Å². The van der Waals surface area contributed by atoms with Gasteiger partial charge in [-0.15, -0.1) is 12.4 Å². The van der Waals surface area contributed by atoms with E-state index < -0.39 is 25.9 Å². The molecule has 1 unspecified atom stereocenters. The maximum Gasteiger partial charge on any atom is 0.240 e. The highest BCUT2D eigenvalue weighted by Crippen LogP contribution is 2.25. The van der Waals surface area contributed by atoms with Gasteiger partial charge in [0.15, 0.2) is 9.84 Å². The average molecular weight is 419 g/mol. The second-order valence-corrected chi connectivity index (χ2v) is 9.75. The van der Waals surface area contributed by atoms with Crippen LogP contribution in [0, 0.1) is 13.8 Å². The highest BCUT2D eigenvalue weighted by molar-refractivity contribution is 7.91. The molecule has 0 spiro atoms. The molecule has 0 aliphatic carbocycles. The van der Waals surface area contributed by atoms with Crippen LogP contribution in [0.4, 0.5) is 0 Å². The van der Waals surface area contributed by atoms with Crippen molar-refractivity contribution in [2.24, 2.45) is 5.73 Å². The molecule has 9 heteroatoms. The lowest BCUT2D eigenvalue weighted by atomic mass is 10.1. The maximum atomic E-state index is 12.7. The Labute approximate surface area is 161 Å². The summed E-state index contributed by atoms with van der Waals surface area (Å²) >= 11 is 0. The Morgan fingerprint density at radius 3 is 2.08 bits per heavy atom. The van der Waals surface area contributed by atoms with Gasteiger partial charge < -0.3 is 5.73 Å². The van der Waals surface area contributed by atoms with Crippen molar-refractivity contribution in [3.8, 4) is 0 Å². The predicted molar refractivity (Wildman–Crippen MR) is 105 cm³/mol. The zero-order chi connectivity index (χ0) is 18.8. The third kappa shape index (κ3) is 5.28. The van der Waals surface area contributed by atoms with E-state index in [1.165, 1.54) is 19.1 Å². The fraction of sp³-hybridized carbons (Fsp3) is 0.294. The number of sulfone groups is 1. The normalized spacial score (nSPS) is 13.1. The Morgan fingerprint density at radius 2 is 1.54 bits per heavy atom. The quantitative estimate of drug-likeness (QED) is 0.747. The minimum Gasteiger partial charge on any atom is -0.323 e. The number of hydrogen-bond acceptors (Lipinski definition) is 5. The number of benzene rings is 2. The molecule has 0 aliphatic rings. The van der Waals surface area contributed by atoms with E-state index in [9.17, 15) is 16.8 Å². The van der Waals surface area contributed by atoms with Crippen LogP contribution in [0.2, 0.25) is 0 Å². The maximum absolute atomic E-state index is 12.7. The summed E-state index contributed by atoms with van der Waals surface area (Å²) in [6, 6.07) is 11.6. The first-order valence-corrected chi connectivity index (χ1v) is 11.0. The van der Waals surface area contributed by atoms with Gasteiger partial charge in [0.1, 0.15) is 0 Å². The van der Waals surface area contributed by atoms with Crippen LogP contribution in [0.15, 0.2) is 52.3 Å². The zero-order valence-electron chi connectivity index (χ0n) is 14.8. The van der Waals surface area contributed by atoms with Crippen molar-refractivity contribution in [3.05, 3.63) is 59.2 Å². The van der Waals surface area contributed by atoms with Crippen LogP contribution in [0.3, 0.4) is 0 Å². The van der Waals surface area contributed by atoms with Crippen LogP contribution >= 0.6 is 12.4 Å². The highest BCUT2D eigenvalue weighted by atomic mass is 35.5. The smallest absolute Gasteiger partial charge is 0.240 e. The van der Waals surface area contributed by atoms with Gasteiger partial charge in [-0.2, -0.15) is 0 Å². The van der Waals surface area contributed by atoms with Crippen molar-refractivity contribution < 1.29 is 16.8 Å². The molecule has 0 heterocycles. The average Bonchev–Trinajstić information content (AvgIpc) is 2.54. The zero-order valence-corrected chi connectivity index (χ0v) is 17.2. The standard InChI is InChI=1S/C17H22N2O4S2.ClH/c1-12-9-16(24(3,20)21)13(2)17(10-12)25(22,23)19-11-15(18)14-7-5-4-6-8-14;/h4-10,15,19H,11,18H2,1-3H3;1H. The summed E-state index contributed by atoms with van der Waals surface area (Å²) in [5.74, 6) is 0. The number of nitrogens with two attached hydrogens (primary N) is 1. The molecule has 2 aromatic rings. The number of sulfonamides is 1. The van der Waals surface area contributed by atoms with E-state index in [-0.39, 0.29) is 34.3 Å². The molecule has 0 aromatic heterocycles. The van der Waals surface area contributed by atoms with Gasteiger partial charge in [0, 0.05) is 18.8 Å². The molecule has 2 rings (SSSR count). The molecule has 0 aliphatic heterocycles. The van der Waals surface area contributed by atoms with Crippen molar-refractivity contribution in [1.29, 1.82) is 0 Å². The Hall–Kier alpha value is -1.45. The molecule has 0 radical (unpaired) electrons. The largest absolute Gasteiger partial charge is 0.323 e. The minimum atomic E-state index is -3.89. The number of rotatable bonds is 6. The molecule has 26 heavy (non-hydrogen) atoms. The van der Waals surface area contributed by atoms with Crippen molar-refractivity contribution in [1.82, 2.24) is 4.72 Å². The van der Waals surface area contributed by atoms with Crippen LogP contribution in [0.25, 0.3) is 0 Å². The molecular weight excluding hydrogens is 396 g/mol. The van der Waals surface area contributed by atoms with Crippen LogP contribution in [0.5, 0.6) is 0 Å². The van der Waals surface area contributed by atoms with Crippen molar-refractivity contribution in [2.45, 2.75) is 29.7 Å². The SMILES string of the molecule is Cc1cc(S(C)(=O)=O)c(C)c(S(=O)(=O)NCC(N)c2ccccc2)c1.Cl. The van der Waals surface area contributed by atoms with E-state index in [4.69, 9.17) is 5.73 Å². The molecule has 6 nitrogen and oxygen atoms in total. The van der Waals surface area contributed by atoms with Gasteiger partial charge >= 0.3 is 0 Å². The Bertz CT molecular complexity index is 975. The van der Waals surface area contributed by atoms with Gasteiger partial charge in [0.25, 0.3) is 0 Å². The highest BCUT2D eigenvalue weighted by Gasteiger charge is 2.23. The van der Waals surface area contributed by atoms with Crippen molar-refractivity contribution in [3.63, 3.8) is 0 Å². The van der Waals surface area contributed by atoms with E-state index >= 15 is 0 Å². The molecule has 2 aromatic carbocycles. The van der Waals surface area contributed by atoms with Crippen LogP contribution in [0.1, 0.15) is 22.7 Å². The fourth-order valence-electron chi connectivity index (χ4n) is 2.55. The van der Waals surface area contributed by atoms with Crippen molar-refractivity contribution in [2.75, 3.05) is 12.8 Å². The third-order valence-corrected chi connectivity index (χ3v) is 6.64. The molecule has 1 atom stereocenters. The summed E-state index contributed by atoms with van der Waals surface area (Å²) in [5.41, 5.74) is 7.59. The monoisotopic (exact) mass is 418 g/mol. The predicted octanol–water partition coefficient (Wildman–Crippen LogP) is 2.11. The molecule has 3 N–H and O–H groups in total. The Morgan fingerprint density at radius 1 is 1.00 bits per heavy atom. The summed E-state index contributed by atoms with van der Waals surface area (Å²) in [7, 11) is -7.42.